The van der Waals surface area contributed by atoms with Crippen LogP contribution in [0.4, 0.5) is 5.13 Å². The van der Waals surface area contributed by atoms with Crippen molar-refractivity contribution in [3.63, 3.8) is 0 Å². The number of hydrazone groups is 1. The molecular weight excluding hydrogens is 346 g/mol. The first-order chi connectivity index (χ1) is 12.8. The summed E-state index contributed by atoms with van der Waals surface area (Å²) in [5, 5.41) is 17.0. The number of rotatable bonds is 6. The molecule has 0 amide bonds. The highest BCUT2D eigenvalue weighted by Gasteiger charge is 2.19. The zero-order valence-corrected chi connectivity index (χ0v) is 14.9. The van der Waals surface area contributed by atoms with Crippen molar-refractivity contribution in [1.82, 2.24) is 4.98 Å². The molecule has 2 aromatic carbocycles. The molecule has 1 aliphatic carbocycles. The molecule has 2 N–H and O–H groups in total. The fourth-order valence-electron chi connectivity index (χ4n) is 2.61. The number of hydrogen-bond acceptors (Lipinski definition) is 6. The molecule has 1 aromatic heterocycles. The smallest absolute Gasteiger partial charge is 0.203 e. The van der Waals surface area contributed by atoms with E-state index in [4.69, 9.17) is 4.74 Å². The normalized spacial score (nSPS) is 14.3. The van der Waals surface area contributed by atoms with Gasteiger partial charge in [0.15, 0.2) is 0 Å². The fraction of sp³-hybridized carbons (Fsp3) is 0.200. The van der Waals surface area contributed by atoms with Crippen molar-refractivity contribution < 1.29 is 9.84 Å². The van der Waals surface area contributed by atoms with Crippen LogP contribution in [-0.2, 0) is 0 Å². The van der Waals surface area contributed by atoms with Crippen molar-refractivity contribution in [1.29, 1.82) is 0 Å². The number of phenols is 1. The van der Waals surface area contributed by atoms with Crippen molar-refractivity contribution in [2.45, 2.75) is 25.4 Å². The first kappa shape index (κ1) is 16.6. The van der Waals surface area contributed by atoms with E-state index < -0.39 is 0 Å². The number of nitrogens with one attached hydrogen (secondary N) is 1. The average Bonchev–Trinajstić information content (AvgIpc) is 3.10. The van der Waals surface area contributed by atoms with Crippen LogP contribution in [0, 0.1) is 0 Å². The number of hydrogen-bond donors (Lipinski definition) is 2. The van der Waals surface area contributed by atoms with Gasteiger partial charge in [0.2, 0.25) is 5.13 Å². The Hall–Kier alpha value is -2.86. The molecular formula is C20H19N3O2S. The summed E-state index contributed by atoms with van der Waals surface area (Å²) in [7, 11) is 0. The zero-order valence-electron chi connectivity index (χ0n) is 14.1. The topological polar surface area (TPSA) is 66.7 Å². The molecule has 6 heteroatoms. The summed E-state index contributed by atoms with van der Waals surface area (Å²) < 4.78 is 5.78. The molecule has 0 radical (unpaired) electrons. The van der Waals surface area contributed by atoms with Crippen LogP contribution in [0.25, 0.3) is 11.3 Å². The third-order valence-corrected chi connectivity index (χ3v) is 5.04. The van der Waals surface area contributed by atoms with E-state index in [0.29, 0.717) is 22.5 Å². The second-order valence-corrected chi connectivity index (χ2v) is 7.02. The molecule has 1 heterocycles. The number of benzene rings is 2. The van der Waals surface area contributed by atoms with Crippen molar-refractivity contribution in [3.05, 3.63) is 59.5 Å². The maximum absolute atomic E-state index is 10.1. The highest BCUT2D eigenvalue weighted by molar-refractivity contribution is 7.14. The van der Waals surface area contributed by atoms with Gasteiger partial charge in [-0.15, -0.1) is 11.3 Å². The van der Waals surface area contributed by atoms with Gasteiger partial charge in [-0.1, -0.05) is 30.3 Å². The van der Waals surface area contributed by atoms with Gasteiger partial charge in [0.1, 0.15) is 11.5 Å². The second kappa shape index (κ2) is 7.58. The van der Waals surface area contributed by atoms with E-state index in [1.54, 1.807) is 18.3 Å². The zero-order chi connectivity index (χ0) is 17.8. The van der Waals surface area contributed by atoms with E-state index in [1.807, 2.05) is 41.8 Å². The van der Waals surface area contributed by atoms with Gasteiger partial charge >= 0.3 is 0 Å². The number of nitrogens with zero attached hydrogens (tertiary/aromatic N) is 2. The SMILES string of the molecule is Oc1cc(OC2CCC2)ccc1C=NNc1nc(-c2ccccc2)cs1. The summed E-state index contributed by atoms with van der Waals surface area (Å²) in [6.45, 7) is 0. The maximum atomic E-state index is 10.1. The summed E-state index contributed by atoms with van der Waals surface area (Å²) in [4.78, 5) is 4.51. The third-order valence-electron chi connectivity index (χ3n) is 4.29. The first-order valence-corrected chi connectivity index (χ1v) is 9.45. The lowest BCUT2D eigenvalue weighted by Gasteiger charge is -2.26. The Balaban J connectivity index is 1.38. The van der Waals surface area contributed by atoms with Gasteiger partial charge in [0.25, 0.3) is 0 Å². The predicted octanol–water partition coefficient (Wildman–Crippen LogP) is 4.89. The van der Waals surface area contributed by atoms with Gasteiger partial charge in [0.05, 0.1) is 18.0 Å². The monoisotopic (exact) mass is 365 g/mol. The number of aromatic hydroxyl groups is 1. The summed E-state index contributed by atoms with van der Waals surface area (Å²) in [6, 6.07) is 15.3. The van der Waals surface area contributed by atoms with Gasteiger partial charge in [-0.3, -0.25) is 5.43 Å². The summed E-state index contributed by atoms with van der Waals surface area (Å²) in [6.07, 6.45) is 5.26. The van der Waals surface area contributed by atoms with Crippen LogP contribution >= 0.6 is 11.3 Å². The Morgan fingerprint density at radius 1 is 1.19 bits per heavy atom. The molecule has 0 atom stereocenters. The molecule has 5 nitrogen and oxygen atoms in total. The number of ether oxygens (including phenoxy) is 1. The van der Waals surface area contributed by atoms with E-state index in [2.05, 4.69) is 15.5 Å². The van der Waals surface area contributed by atoms with Gasteiger partial charge < -0.3 is 9.84 Å². The van der Waals surface area contributed by atoms with Crippen LogP contribution in [0.15, 0.2) is 59.0 Å². The Bertz CT molecular complexity index is 904. The van der Waals surface area contributed by atoms with E-state index in [9.17, 15) is 5.11 Å². The molecule has 3 aromatic rings. The number of phenolic OH excluding ortho intramolecular Hbond substituents is 1. The van der Waals surface area contributed by atoms with Gasteiger partial charge in [-0.2, -0.15) is 5.10 Å². The molecule has 0 aliphatic heterocycles. The minimum Gasteiger partial charge on any atom is -0.507 e. The van der Waals surface area contributed by atoms with Crippen LogP contribution in [-0.4, -0.2) is 22.4 Å². The third kappa shape index (κ3) is 3.86. The summed E-state index contributed by atoms with van der Waals surface area (Å²) in [5.74, 6) is 0.848. The van der Waals surface area contributed by atoms with E-state index in [1.165, 1.54) is 17.8 Å². The lowest BCUT2D eigenvalue weighted by Crippen LogP contribution is -2.24. The minimum absolute atomic E-state index is 0.150. The van der Waals surface area contributed by atoms with Crippen molar-refractivity contribution in [2.24, 2.45) is 5.10 Å². The largest absolute Gasteiger partial charge is 0.507 e. The number of thiazole rings is 1. The van der Waals surface area contributed by atoms with Crippen LogP contribution < -0.4 is 10.2 Å². The van der Waals surface area contributed by atoms with Crippen molar-refractivity contribution in [2.75, 3.05) is 5.43 Å². The van der Waals surface area contributed by atoms with Crippen LogP contribution in [0.1, 0.15) is 24.8 Å². The van der Waals surface area contributed by atoms with E-state index >= 15 is 0 Å². The molecule has 1 saturated carbocycles. The molecule has 1 fully saturated rings. The molecule has 0 bridgehead atoms. The standard InChI is InChI=1S/C20H19N3O2S/c24-19-11-17(25-16-7-4-8-16)10-9-15(19)12-21-23-20-22-18(13-26-20)14-5-2-1-3-6-14/h1-3,5-6,9-13,16,24H,4,7-8H2,(H,22,23). The van der Waals surface area contributed by atoms with Crippen LogP contribution in [0.3, 0.4) is 0 Å². The number of aromatic nitrogens is 1. The molecule has 4 rings (SSSR count). The first-order valence-electron chi connectivity index (χ1n) is 8.57. The van der Waals surface area contributed by atoms with Gasteiger partial charge in [-0.25, -0.2) is 4.98 Å². The Morgan fingerprint density at radius 3 is 2.77 bits per heavy atom. The Labute approximate surface area is 156 Å². The summed E-state index contributed by atoms with van der Waals surface area (Å²) in [5.41, 5.74) is 5.51. The van der Waals surface area contributed by atoms with E-state index in [-0.39, 0.29) is 5.75 Å². The lowest BCUT2D eigenvalue weighted by molar-refractivity contribution is 0.120. The van der Waals surface area contributed by atoms with Crippen molar-refractivity contribution >= 4 is 22.7 Å². The Kier molecular flexibility index (Phi) is 4.84. The molecule has 0 saturated heterocycles. The van der Waals surface area contributed by atoms with Gasteiger partial charge in [-0.05, 0) is 31.4 Å². The molecule has 0 unspecified atom stereocenters. The minimum atomic E-state index is 0.150. The van der Waals surface area contributed by atoms with Crippen LogP contribution in [0.5, 0.6) is 11.5 Å². The maximum Gasteiger partial charge on any atom is 0.203 e. The van der Waals surface area contributed by atoms with Crippen LogP contribution in [0.2, 0.25) is 0 Å². The highest BCUT2D eigenvalue weighted by atomic mass is 32.1. The number of anilines is 1. The highest BCUT2D eigenvalue weighted by Crippen LogP contribution is 2.29. The van der Waals surface area contributed by atoms with Gasteiger partial charge in [0, 0.05) is 22.6 Å². The molecule has 132 valence electrons. The molecule has 26 heavy (non-hydrogen) atoms. The fourth-order valence-corrected chi connectivity index (χ4v) is 3.28. The lowest BCUT2D eigenvalue weighted by atomic mass is 9.96. The second-order valence-electron chi connectivity index (χ2n) is 6.17. The Morgan fingerprint density at radius 2 is 2.04 bits per heavy atom. The van der Waals surface area contributed by atoms with Crippen molar-refractivity contribution in [3.8, 4) is 22.8 Å². The summed E-state index contributed by atoms with van der Waals surface area (Å²) >= 11 is 1.48. The average molecular weight is 365 g/mol. The predicted molar refractivity (Wildman–Crippen MR) is 105 cm³/mol. The quantitative estimate of drug-likeness (QED) is 0.482. The molecule has 1 aliphatic rings. The van der Waals surface area contributed by atoms with E-state index in [0.717, 1.165) is 24.1 Å². The molecule has 0 spiro atoms.